The van der Waals surface area contributed by atoms with E-state index in [1.807, 2.05) is 26.8 Å². The van der Waals surface area contributed by atoms with E-state index in [1.54, 1.807) is 0 Å². The Labute approximate surface area is 190 Å². The van der Waals surface area contributed by atoms with Crippen LogP contribution in [0.1, 0.15) is 44.7 Å². The zero-order valence-electron chi connectivity index (χ0n) is 19.6. The van der Waals surface area contributed by atoms with Crippen LogP contribution in [-0.2, 0) is 11.3 Å². The first-order valence-electron chi connectivity index (χ1n) is 11.5. The van der Waals surface area contributed by atoms with Crippen LogP contribution in [0.3, 0.4) is 0 Å². The van der Waals surface area contributed by atoms with Crippen LogP contribution >= 0.6 is 0 Å². The van der Waals surface area contributed by atoms with Crippen molar-refractivity contribution in [1.29, 1.82) is 0 Å². The lowest BCUT2D eigenvalue weighted by molar-refractivity contribution is 0.0517. The van der Waals surface area contributed by atoms with Crippen molar-refractivity contribution in [2.45, 2.75) is 52.7 Å². The van der Waals surface area contributed by atoms with Gasteiger partial charge in [0.15, 0.2) is 0 Å². The number of ether oxygens (including phenoxy) is 1. The SMILES string of the molecule is Cc1ccccc1Cn1c(N2CCC[C@@H](CNC(=O)OC(C)(C)C)C2)nc2ccccc21. The van der Waals surface area contributed by atoms with Gasteiger partial charge in [0.25, 0.3) is 0 Å². The summed E-state index contributed by atoms with van der Waals surface area (Å²) in [5.74, 6) is 1.37. The number of fused-ring (bicyclic) bond motifs is 1. The molecule has 32 heavy (non-hydrogen) atoms. The number of carbonyl (C=O) groups is 1. The summed E-state index contributed by atoms with van der Waals surface area (Å²) >= 11 is 0. The van der Waals surface area contributed by atoms with Crippen LogP contribution in [0, 0.1) is 12.8 Å². The number of alkyl carbamates (subject to hydrolysis) is 1. The highest BCUT2D eigenvalue weighted by Gasteiger charge is 2.26. The monoisotopic (exact) mass is 434 g/mol. The molecule has 0 radical (unpaired) electrons. The summed E-state index contributed by atoms with van der Waals surface area (Å²) in [6.07, 6.45) is 1.82. The predicted molar refractivity (Wildman–Crippen MR) is 129 cm³/mol. The zero-order chi connectivity index (χ0) is 22.7. The van der Waals surface area contributed by atoms with Gasteiger partial charge in [-0.2, -0.15) is 0 Å². The fraction of sp³-hybridized carbons (Fsp3) is 0.462. The quantitative estimate of drug-likeness (QED) is 0.604. The van der Waals surface area contributed by atoms with E-state index < -0.39 is 5.60 Å². The molecule has 1 atom stereocenters. The first-order chi connectivity index (χ1) is 15.3. The number of piperidine rings is 1. The smallest absolute Gasteiger partial charge is 0.407 e. The average Bonchev–Trinajstić information content (AvgIpc) is 3.11. The molecule has 1 aliphatic rings. The maximum Gasteiger partial charge on any atom is 0.407 e. The number of nitrogens with one attached hydrogen (secondary N) is 1. The molecular weight excluding hydrogens is 400 g/mol. The number of benzene rings is 2. The van der Waals surface area contributed by atoms with E-state index in [2.05, 4.69) is 64.2 Å². The van der Waals surface area contributed by atoms with Crippen molar-refractivity contribution in [2.75, 3.05) is 24.5 Å². The standard InChI is InChI=1S/C26H34N4O2/c1-19-10-5-6-12-21(19)18-30-23-14-8-7-13-22(23)28-24(30)29-15-9-11-20(17-29)16-27-25(31)32-26(2,3)4/h5-8,10,12-14,20H,9,11,15-18H2,1-4H3,(H,27,31)/t20-/m0/s1. The van der Waals surface area contributed by atoms with Crippen LogP contribution in [-0.4, -0.2) is 40.9 Å². The van der Waals surface area contributed by atoms with Crippen molar-refractivity contribution < 1.29 is 9.53 Å². The minimum atomic E-state index is -0.483. The molecular formula is C26H34N4O2. The zero-order valence-corrected chi connectivity index (χ0v) is 19.6. The molecule has 1 aliphatic heterocycles. The second-order valence-electron chi connectivity index (χ2n) is 9.75. The molecule has 2 heterocycles. The average molecular weight is 435 g/mol. The number of carbonyl (C=O) groups excluding carboxylic acids is 1. The maximum absolute atomic E-state index is 12.1. The van der Waals surface area contributed by atoms with Gasteiger partial charge in [-0.1, -0.05) is 36.4 Å². The molecule has 1 fully saturated rings. The number of nitrogens with zero attached hydrogens (tertiary/aromatic N) is 3. The second kappa shape index (κ2) is 9.23. The summed E-state index contributed by atoms with van der Waals surface area (Å²) < 4.78 is 7.73. The van der Waals surface area contributed by atoms with E-state index >= 15 is 0 Å². The highest BCUT2D eigenvalue weighted by molar-refractivity contribution is 5.79. The van der Waals surface area contributed by atoms with Gasteiger partial charge >= 0.3 is 6.09 Å². The van der Waals surface area contributed by atoms with Gasteiger partial charge in [-0.15, -0.1) is 0 Å². The lowest BCUT2D eigenvalue weighted by atomic mass is 9.98. The Morgan fingerprint density at radius 1 is 1.16 bits per heavy atom. The Morgan fingerprint density at radius 2 is 1.91 bits per heavy atom. The fourth-order valence-electron chi connectivity index (χ4n) is 4.37. The van der Waals surface area contributed by atoms with E-state index in [4.69, 9.17) is 9.72 Å². The molecule has 0 aliphatic carbocycles. The predicted octanol–water partition coefficient (Wildman–Crippen LogP) is 5.13. The van der Waals surface area contributed by atoms with Gasteiger partial charge in [-0.05, 0) is 69.7 Å². The summed E-state index contributed by atoms with van der Waals surface area (Å²) in [7, 11) is 0. The fourth-order valence-corrected chi connectivity index (χ4v) is 4.37. The minimum Gasteiger partial charge on any atom is -0.444 e. The molecule has 1 aromatic heterocycles. The number of para-hydroxylation sites is 2. The number of aromatic nitrogens is 2. The molecule has 3 aromatic rings. The summed E-state index contributed by atoms with van der Waals surface area (Å²) in [4.78, 5) is 19.5. The molecule has 1 saturated heterocycles. The lowest BCUT2D eigenvalue weighted by Gasteiger charge is -2.34. The Kier molecular flexibility index (Phi) is 6.40. The highest BCUT2D eigenvalue weighted by atomic mass is 16.6. The maximum atomic E-state index is 12.1. The number of hydrogen-bond donors (Lipinski definition) is 1. The Balaban J connectivity index is 1.53. The summed E-state index contributed by atoms with van der Waals surface area (Å²) in [6, 6.07) is 16.9. The number of rotatable bonds is 5. The van der Waals surface area contributed by atoms with E-state index in [9.17, 15) is 4.79 Å². The van der Waals surface area contributed by atoms with Crippen molar-refractivity contribution in [3.05, 3.63) is 59.7 Å². The Hall–Kier alpha value is -3.02. The molecule has 6 nitrogen and oxygen atoms in total. The van der Waals surface area contributed by atoms with Crippen LogP contribution in [0.15, 0.2) is 48.5 Å². The lowest BCUT2D eigenvalue weighted by Crippen LogP contribution is -2.43. The highest BCUT2D eigenvalue weighted by Crippen LogP contribution is 2.28. The third-order valence-electron chi connectivity index (χ3n) is 5.96. The summed E-state index contributed by atoms with van der Waals surface area (Å²) in [5, 5.41) is 2.95. The van der Waals surface area contributed by atoms with Crippen LogP contribution in [0.2, 0.25) is 0 Å². The topological polar surface area (TPSA) is 59.4 Å². The third-order valence-corrected chi connectivity index (χ3v) is 5.96. The van der Waals surface area contributed by atoms with Crippen molar-refractivity contribution in [2.24, 2.45) is 5.92 Å². The minimum absolute atomic E-state index is 0.346. The Morgan fingerprint density at radius 3 is 2.69 bits per heavy atom. The molecule has 0 saturated carbocycles. The number of imidazole rings is 1. The van der Waals surface area contributed by atoms with Crippen LogP contribution in [0.25, 0.3) is 11.0 Å². The molecule has 6 heteroatoms. The van der Waals surface area contributed by atoms with E-state index in [0.29, 0.717) is 12.5 Å². The van der Waals surface area contributed by atoms with E-state index in [0.717, 1.165) is 49.5 Å². The molecule has 170 valence electrons. The van der Waals surface area contributed by atoms with Crippen molar-refractivity contribution in [3.8, 4) is 0 Å². The molecule has 4 rings (SSSR count). The first kappa shape index (κ1) is 22.2. The molecule has 0 bridgehead atoms. The van der Waals surface area contributed by atoms with Crippen LogP contribution < -0.4 is 10.2 Å². The molecule has 0 spiro atoms. The second-order valence-corrected chi connectivity index (χ2v) is 9.75. The number of hydrogen-bond acceptors (Lipinski definition) is 4. The van der Waals surface area contributed by atoms with Gasteiger partial charge in [0.2, 0.25) is 5.95 Å². The number of anilines is 1. The largest absolute Gasteiger partial charge is 0.444 e. The molecule has 1 amide bonds. The van der Waals surface area contributed by atoms with Gasteiger partial charge in [-0.25, -0.2) is 9.78 Å². The van der Waals surface area contributed by atoms with Crippen molar-refractivity contribution in [1.82, 2.24) is 14.9 Å². The van der Waals surface area contributed by atoms with Crippen molar-refractivity contribution in [3.63, 3.8) is 0 Å². The van der Waals surface area contributed by atoms with E-state index in [-0.39, 0.29) is 6.09 Å². The Bertz CT molecular complexity index is 1080. The normalized spacial score (nSPS) is 16.9. The van der Waals surface area contributed by atoms with Crippen LogP contribution in [0.4, 0.5) is 10.7 Å². The van der Waals surface area contributed by atoms with E-state index in [1.165, 1.54) is 11.1 Å². The first-order valence-corrected chi connectivity index (χ1v) is 11.5. The van der Waals surface area contributed by atoms with Gasteiger partial charge in [0.1, 0.15) is 5.60 Å². The number of amides is 1. The third kappa shape index (κ3) is 5.23. The van der Waals surface area contributed by atoms with Crippen LogP contribution in [0.5, 0.6) is 0 Å². The van der Waals surface area contributed by atoms with Gasteiger partial charge in [0, 0.05) is 19.6 Å². The van der Waals surface area contributed by atoms with Gasteiger partial charge in [-0.3, -0.25) is 0 Å². The summed E-state index contributed by atoms with van der Waals surface area (Å²) in [5.41, 5.74) is 4.28. The number of aryl methyl sites for hydroxylation is 1. The van der Waals surface area contributed by atoms with Gasteiger partial charge in [0.05, 0.1) is 17.6 Å². The molecule has 1 N–H and O–H groups in total. The molecule has 0 unspecified atom stereocenters. The molecule has 2 aromatic carbocycles. The van der Waals surface area contributed by atoms with Gasteiger partial charge < -0.3 is 19.5 Å². The van der Waals surface area contributed by atoms with Crippen molar-refractivity contribution >= 4 is 23.1 Å². The summed E-state index contributed by atoms with van der Waals surface area (Å²) in [6.45, 7) is 11.1.